The molecule has 6 nitrogen and oxygen atoms in total. The van der Waals surface area contributed by atoms with Gasteiger partial charge in [-0.05, 0) is 62.4 Å². The van der Waals surface area contributed by atoms with Crippen molar-refractivity contribution in [2.45, 2.75) is 38.5 Å². The van der Waals surface area contributed by atoms with Gasteiger partial charge in [-0.1, -0.05) is 13.8 Å². The first-order valence-electron chi connectivity index (χ1n) is 10.6. The second-order valence-electron chi connectivity index (χ2n) is 8.91. The van der Waals surface area contributed by atoms with Crippen molar-refractivity contribution in [3.8, 4) is 29.0 Å². The van der Waals surface area contributed by atoms with Crippen LogP contribution in [0, 0.1) is 23.0 Å². The van der Waals surface area contributed by atoms with Crippen molar-refractivity contribution in [3.63, 3.8) is 0 Å². The molecule has 2 aromatic carbocycles. The van der Waals surface area contributed by atoms with E-state index in [9.17, 15) is 8.78 Å². The third-order valence-corrected chi connectivity index (χ3v) is 5.31. The molecular formula is C26H30AlF2LiN4O2. The quantitative estimate of drug-likeness (QED) is 0.419. The minimum absolute atomic E-state index is 0. The van der Waals surface area contributed by atoms with E-state index in [2.05, 4.69) is 16.0 Å². The summed E-state index contributed by atoms with van der Waals surface area (Å²) in [5.41, 5.74) is 7.58. The van der Waals surface area contributed by atoms with Crippen LogP contribution in [0.4, 0.5) is 8.78 Å². The molecule has 4 aromatic rings. The van der Waals surface area contributed by atoms with Crippen LogP contribution in [0.5, 0.6) is 0 Å². The Bertz CT molecular complexity index is 1290. The number of rotatable bonds is 5. The van der Waals surface area contributed by atoms with Crippen LogP contribution in [0.15, 0.2) is 69.9 Å². The van der Waals surface area contributed by atoms with Crippen molar-refractivity contribution < 1.29 is 37.9 Å². The Morgan fingerprint density at radius 1 is 0.833 bits per heavy atom. The molecule has 2 heterocycles. The van der Waals surface area contributed by atoms with Gasteiger partial charge in [0.05, 0.1) is 22.9 Å². The summed E-state index contributed by atoms with van der Waals surface area (Å²) in [7, 11) is 0. The summed E-state index contributed by atoms with van der Waals surface area (Å²) < 4.78 is 36.2. The van der Waals surface area contributed by atoms with Crippen LogP contribution in [-0.2, 0) is 10.8 Å². The summed E-state index contributed by atoms with van der Waals surface area (Å²) in [6, 6.07) is 14.1. The number of benzene rings is 2. The van der Waals surface area contributed by atoms with Crippen molar-refractivity contribution in [2.75, 3.05) is 6.54 Å². The van der Waals surface area contributed by atoms with Gasteiger partial charge in [0, 0.05) is 23.1 Å². The Labute approximate surface area is 233 Å². The number of nitriles is 1. The SMILES string of the molecule is CC(C)(C#N)c1coc(-c2ccc(F)cc2)n1.CC(C)(CN)c1coc(-c2ccc(F)cc2)n1.[AlH3].[H-].[Li+]. The molecule has 0 saturated heterocycles. The molecule has 36 heavy (non-hydrogen) atoms. The molecule has 4 rings (SSSR count). The number of nitrogens with zero attached hydrogens (tertiary/aromatic N) is 3. The zero-order valence-corrected chi connectivity index (χ0v) is 20.5. The van der Waals surface area contributed by atoms with Crippen LogP contribution >= 0.6 is 0 Å². The molecule has 0 aliphatic heterocycles. The smallest absolute Gasteiger partial charge is 1.00 e. The van der Waals surface area contributed by atoms with Crippen LogP contribution in [0.1, 0.15) is 40.5 Å². The van der Waals surface area contributed by atoms with Crippen molar-refractivity contribution in [3.05, 3.63) is 84.1 Å². The van der Waals surface area contributed by atoms with E-state index in [1.165, 1.54) is 30.5 Å². The predicted octanol–water partition coefficient (Wildman–Crippen LogP) is 1.93. The van der Waals surface area contributed by atoms with Gasteiger partial charge >= 0.3 is 18.9 Å². The zero-order chi connectivity index (χ0) is 24.9. The molecule has 0 amide bonds. The van der Waals surface area contributed by atoms with Crippen molar-refractivity contribution in [1.82, 2.24) is 9.97 Å². The Hall–Kier alpha value is -2.70. The van der Waals surface area contributed by atoms with Crippen LogP contribution in [0.3, 0.4) is 0 Å². The van der Waals surface area contributed by atoms with E-state index in [0.717, 1.165) is 11.3 Å². The van der Waals surface area contributed by atoms with Crippen molar-refractivity contribution in [1.29, 1.82) is 5.26 Å². The molecule has 0 radical (unpaired) electrons. The molecule has 0 bridgehead atoms. The third-order valence-electron chi connectivity index (χ3n) is 5.31. The minimum atomic E-state index is -0.693. The average Bonchev–Trinajstić information content (AvgIpc) is 3.52. The summed E-state index contributed by atoms with van der Waals surface area (Å²) in [4.78, 5) is 8.62. The number of nitrogens with two attached hydrogens (primary N) is 1. The fourth-order valence-corrected chi connectivity index (χ4v) is 2.76. The molecule has 0 aliphatic carbocycles. The molecule has 0 unspecified atom stereocenters. The minimum Gasteiger partial charge on any atom is -1.00 e. The first kappa shape index (κ1) is 31.3. The van der Waals surface area contributed by atoms with Crippen LogP contribution in [0.25, 0.3) is 22.9 Å². The number of hydrogen-bond acceptors (Lipinski definition) is 6. The summed E-state index contributed by atoms with van der Waals surface area (Å²) >= 11 is 0. The molecule has 0 aliphatic rings. The maximum absolute atomic E-state index is 12.8. The van der Waals surface area contributed by atoms with Gasteiger partial charge in [-0.2, -0.15) is 5.26 Å². The first-order chi connectivity index (χ1) is 16.1. The van der Waals surface area contributed by atoms with E-state index >= 15 is 0 Å². The number of oxazole rings is 2. The summed E-state index contributed by atoms with van der Waals surface area (Å²) in [5.74, 6) is 0.297. The zero-order valence-electron chi connectivity index (χ0n) is 21.5. The van der Waals surface area contributed by atoms with Crippen molar-refractivity contribution >= 4 is 17.4 Å². The number of hydrogen-bond donors (Lipinski definition) is 1. The fraction of sp³-hybridized carbons (Fsp3) is 0.269. The van der Waals surface area contributed by atoms with Gasteiger partial charge in [0.1, 0.15) is 24.2 Å². The van der Waals surface area contributed by atoms with E-state index in [-0.39, 0.29) is 54.7 Å². The first-order valence-corrected chi connectivity index (χ1v) is 10.6. The van der Waals surface area contributed by atoms with Crippen LogP contribution in [-0.4, -0.2) is 33.9 Å². The van der Waals surface area contributed by atoms with Gasteiger partial charge in [-0.15, -0.1) is 0 Å². The van der Waals surface area contributed by atoms with Gasteiger partial charge in [0.2, 0.25) is 11.8 Å². The summed E-state index contributed by atoms with van der Waals surface area (Å²) in [6.45, 7) is 8.01. The summed E-state index contributed by atoms with van der Waals surface area (Å²) in [5, 5.41) is 8.98. The van der Waals surface area contributed by atoms with E-state index < -0.39 is 5.41 Å². The van der Waals surface area contributed by atoms with Gasteiger partial charge in [0.15, 0.2) is 17.4 Å². The molecule has 10 heteroatoms. The van der Waals surface area contributed by atoms with E-state index in [0.29, 0.717) is 29.6 Å². The summed E-state index contributed by atoms with van der Waals surface area (Å²) in [6.07, 6.45) is 3.06. The Morgan fingerprint density at radius 3 is 1.61 bits per heavy atom. The monoisotopic (exact) mass is 502 g/mol. The molecule has 0 saturated carbocycles. The van der Waals surface area contributed by atoms with Gasteiger partial charge < -0.3 is 16.0 Å². The maximum atomic E-state index is 12.8. The topological polar surface area (TPSA) is 102 Å². The molecule has 2 aromatic heterocycles. The Morgan fingerprint density at radius 2 is 1.22 bits per heavy atom. The second-order valence-corrected chi connectivity index (χ2v) is 8.91. The van der Waals surface area contributed by atoms with Gasteiger partial charge in [0.25, 0.3) is 0 Å². The van der Waals surface area contributed by atoms with Crippen LogP contribution in [0.2, 0.25) is 0 Å². The Kier molecular flexibility index (Phi) is 11.3. The largest absolute Gasteiger partial charge is 1.00 e. The molecule has 0 atom stereocenters. The van der Waals surface area contributed by atoms with E-state index in [1.807, 2.05) is 13.8 Å². The molecule has 184 valence electrons. The number of halogens is 2. The average molecular weight is 502 g/mol. The van der Waals surface area contributed by atoms with Gasteiger partial charge in [-0.25, -0.2) is 18.7 Å². The predicted molar refractivity (Wildman–Crippen MR) is 136 cm³/mol. The van der Waals surface area contributed by atoms with E-state index in [1.54, 1.807) is 44.4 Å². The maximum Gasteiger partial charge on any atom is 1.00 e. The molecule has 2 N–H and O–H groups in total. The second kappa shape index (κ2) is 13.0. The normalized spacial score (nSPS) is 10.8. The molecule has 0 spiro atoms. The van der Waals surface area contributed by atoms with E-state index in [4.69, 9.17) is 19.8 Å². The standard InChI is InChI=1S/C13H15FN2O.C13H11FN2O.Al.Li.4H/c2*1-13(2,8-15)11-7-17-12(16-11)9-3-5-10(14)6-4-9;;;;;;/h3-7H,8,15H2,1-2H3;3-7H,1-2H3;;;;;;/q;;;+1;;;;-1. The van der Waals surface area contributed by atoms with Crippen LogP contribution < -0.4 is 24.6 Å². The fourth-order valence-electron chi connectivity index (χ4n) is 2.76. The third kappa shape index (κ3) is 7.65. The van der Waals surface area contributed by atoms with Crippen molar-refractivity contribution in [2.24, 2.45) is 5.73 Å². The molecule has 0 fully saturated rings. The van der Waals surface area contributed by atoms with Gasteiger partial charge in [-0.3, -0.25) is 0 Å². The Balaban J connectivity index is 0.000000648. The molecular weight excluding hydrogens is 472 g/mol. The number of aromatic nitrogens is 2.